The molecule has 21 heavy (non-hydrogen) atoms. The molecule has 3 rings (SSSR count). The van der Waals surface area contributed by atoms with Crippen LogP contribution in [0.4, 0.5) is 0 Å². The van der Waals surface area contributed by atoms with Crippen LogP contribution >= 0.6 is 0 Å². The van der Waals surface area contributed by atoms with Crippen LogP contribution in [0.25, 0.3) is 0 Å². The van der Waals surface area contributed by atoms with Crippen LogP contribution in [0.15, 0.2) is 16.8 Å². The standard InChI is InChI=1S/C15H20N4O2/c1-10-8-18(3)14(16-10)12-5-4-6-19(9-12)15(20)13-7-11(2)21-17-13/h7-8,12H,4-6,9H2,1-3H3. The number of hydrogen-bond acceptors (Lipinski definition) is 4. The Kier molecular flexibility index (Phi) is 3.53. The van der Waals surface area contributed by atoms with Crippen molar-refractivity contribution in [2.45, 2.75) is 32.6 Å². The highest BCUT2D eigenvalue weighted by atomic mass is 16.5. The Morgan fingerprint density at radius 2 is 2.24 bits per heavy atom. The van der Waals surface area contributed by atoms with Gasteiger partial charge < -0.3 is 14.0 Å². The zero-order chi connectivity index (χ0) is 15.0. The number of amides is 1. The largest absolute Gasteiger partial charge is 0.361 e. The van der Waals surface area contributed by atoms with Gasteiger partial charge in [-0.3, -0.25) is 4.79 Å². The molecule has 0 aromatic carbocycles. The number of aromatic nitrogens is 3. The van der Waals surface area contributed by atoms with Gasteiger partial charge in [0.25, 0.3) is 5.91 Å². The van der Waals surface area contributed by atoms with Gasteiger partial charge in [0, 0.05) is 38.3 Å². The van der Waals surface area contributed by atoms with E-state index in [9.17, 15) is 4.79 Å². The molecule has 0 spiro atoms. The van der Waals surface area contributed by atoms with Crippen molar-refractivity contribution in [2.24, 2.45) is 7.05 Å². The summed E-state index contributed by atoms with van der Waals surface area (Å²) in [4.78, 5) is 18.9. The first-order valence-corrected chi connectivity index (χ1v) is 7.27. The number of rotatable bonds is 2. The maximum absolute atomic E-state index is 12.5. The molecular weight excluding hydrogens is 268 g/mol. The van der Waals surface area contributed by atoms with Gasteiger partial charge in [0.05, 0.1) is 5.69 Å². The molecule has 1 unspecified atom stereocenters. The summed E-state index contributed by atoms with van der Waals surface area (Å²) >= 11 is 0. The minimum Gasteiger partial charge on any atom is -0.361 e. The number of nitrogens with zero attached hydrogens (tertiary/aromatic N) is 4. The lowest BCUT2D eigenvalue weighted by Gasteiger charge is -2.31. The number of imidazole rings is 1. The van der Waals surface area contributed by atoms with Crippen molar-refractivity contribution < 1.29 is 9.32 Å². The molecule has 1 saturated heterocycles. The first-order chi connectivity index (χ1) is 10.0. The van der Waals surface area contributed by atoms with E-state index in [4.69, 9.17) is 4.52 Å². The molecule has 3 heterocycles. The maximum atomic E-state index is 12.5. The summed E-state index contributed by atoms with van der Waals surface area (Å²) in [5.74, 6) is 1.95. The van der Waals surface area contributed by atoms with Crippen molar-refractivity contribution >= 4 is 5.91 Å². The first-order valence-electron chi connectivity index (χ1n) is 7.27. The third-order valence-electron chi connectivity index (χ3n) is 3.95. The highest BCUT2D eigenvalue weighted by molar-refractivity contribution is 5.92. The molecule has 0 saturated carbocycles. The van der Waals surface area contributed by atoms with Gasteiger partial charge in [-0.1, -0.05) is 5.16 Å². The normalized spacial score (nSPS) is 19.0. The van der Waals surface area contributed by atoms with Gasteiger partial charge in [-0.2, -0.15) is 0 Å². The van der Waals surface area contributed by atoms with Crippen molar-refractivity contribution in [3.63, 3.8) is 0 Å². The average molecular weight is 288 g/mol. The van der Waals surface area contributed by atoms with E-state index in [-0.39, 0.29) is 11.8 Å². The minimum absolute atomic E-state index is 0.0533. The quantitative estimate of drug-likeness (QED) is 0.848. The summed E-state index contributed by atoms with van der Waals surface area (Å²) in [6.45, 7) is 5.24. The molecule has 1 amide bonds. The molecule has 0 aliphatic carbocycles. The highest BCUT2D eigenvalue weighted by Gasteiger charge is 2.29. The van der Waals surface area contributed by atoms with Crippen LogP contribution < -0.4 is 0 Å². The summed E-state index contributed by atoms with van der Waals surface area (Å²) in [6, 6.07) is 1.69. The molecule has 1 atom stereocenters. The van der Waals surface area contributed by atoms with E-state index in [1.165, 1.54) is 0 Å². The van der Waals surface area contributed by atoms with E-state index in [1.54, 1.807) is 13.0 Å². The van der Waals surface area contributed by atoms with Crippen molar-refractivity contribution in [3.05, 3.63) is 35.2 Å². The van der Waals surface area contributed by atoms with Crippen LogP contribution in [-0.2, 0) is 7.05 Å². The number of carbonyl (C=O) groups excluding carboxylic acids is 1. The van der Waals surface area contributed by atoms with Gasteiger partial charge in [-0.15, -0.1) is 0 Å². The third-order valence-corrected chi connectivity index (χ3v) is 3.95. The molecule has 1 fully saturated rings. The van der Waals surface area contributed by atoms with Crippen LogP contribution in [0.5, 0.6) is 0 Å². The molecule has 2 aromatic heterocycles. The number of aryl methyl sites for hydroxylation is 3. The van der Waals surface area contributed by atoms with E-state index in [0.717, 1.165) is 30.9 Å². The smallest absolute Gasteiger partial charge is 0.276 e. The van der Waals surface area contributed by atoms with E-state index in [0.29, 0.717) is 18.0 Å². The summed E-state index contributed by atoms with van der Waals surface area (Å²) in [7, 11) is 2.01. The lowest BCUT2D eigenvalue weighted by atomic mass is 9.97. The molecule has 1 aliphatic heterocycles. The summed E-state index contributed by atoms with van der Waals surface area (Å²) in [6.07, 6.45) is 4.07. The van der Waals surface area contributed by atoms with Crippen molar-refractivity contribution in [2.75, 3.05) is 13.1 Å². The molecule has 112 valence electrons. The number of carbonyl (C=O) groups is 1. The van der Waals surface area contributed by atoms with Crippen LogP contribution in [0.3, 0.4) is 0 Å². The molecular formula is C15H20N4O2. The van der Waals surface area contributed by atoms with E-state index in [2.05, 4.69) is 14.7 Å². The zero-order valence-electron chi connectivity index (χ0n) is 12.7. The van der Waals surface area contributed by atoms with E-state index in [1.807, 2.05) is 25.1 Å². The second kappa shape index (κ2) is 5.35. The number of likely N-dealkylation sites (tertiary alicyclic amines) is 1. The Labute approximate surface area is 123 Å². The SMILES string of the molecule is Cc1cn(C)c(C2CCCN(C(=O)c3cc(C)on3)C2)n1. The van der Waals surface area contributed by atoms with E-state index >= 15 is 0 Å². The molecule has 6 nitrogen and oxygen atoms in total. The average Bonchev–Trinajstić information content (AvgIpc) is 3.04. The van der Waals surface area contributed by atoms with Crippen LogP contribution in [-0.4, -0.2) is 38.6 Å². The van der Waals surface area contributed by atoms with Gasteiger partial charge in [-0.05, 0) is 26.7 Å². The van der Waals surface area contributed by atoms with Crippen molar-refractivity contribution in [3.8, 4) is 0 Å². The molecule has 0 bridgehead atoms. The molecule has 1 aliphatic rings. The second-order valence-electron chi connectivity index (χ2n) is 5.76. The minimum atomic E-state index is -0.0533. The zero-order valence-corrected chi connectivity index (χ0v) is 12.7. The lowest BCUT2D eigenvalue weighted by molar-refractivity contribution is 0.0693. The van der Waals surface area contributed by atoms with Crippen LogP contribution in [0.1, 0.15) is 46.5 Å². The van der Waals surface area contributed by atoms with Crippen molar-refractivity contribution in [1.82, 2.24) is 19.6 Å². The van der Waals surface area contributed by atoms with Crippen LogP contribution in [0.2, 0.25) is 0 Å². The van der Waals surface area contributed by atoms with Gasteiger partial charge in [-0.25, -0.2) is 4.98 Å². The van der Waals surface area contributed by atoms with Gasteiger partial charge in [0.15, 0.2) is 5.69 Å². The lowest BCUT2D eigenvalue weighted by Crippen LogP contribution is -2.39. The fourth-order valence-corrected chi connectivity index (χ4v) is 3.02. The highest BCUT2D eigenvalue weighted by Crippen LogP contribution is 2.27. The van der Waals surface area contributed by atoms with E-state index < -0.39 is 0 Å². The number of piperidine rings is 1. The van der Waals surface area contributed by atoms with Crippen LogP contribution in [0, 0.1) is 13.8 Å². The maximum Gasteiger partial charge on any atom is 0.276 e. The Balaban J connectivity index is 1.77. The van der Waals surface area contributed by atoms with Crippen molar-refractivity contribution in [1.29, 1.82) is 0 Å². The molecule has 0 radical (unpaired) electrons. The topological polar surface area (TPSA) is 64.2 Å². The predicted octanol–water partition coefficient (Wildman–Crippen LogP) is 2.04. The van der Waals surface area contributed by atoms with Gasteiger partial charge in [0.2, 0.25) is 0 Å². The Bertz CT molecular complexity index is 658. The fraction of sp³-hybridized carbons (Fsp3) is 0.533. The molecule has 0 N–H and O–H groups in total. The van der Waals surface area contributed by atoms with Gasteiger partial charge >= 0.3 is 0 Å². The fourth-order valence-electron chi connectivity index (χ4n) is 3.02. The third kappa shape index (κ3) is 2.70. The van der Waals surface area contributed by atoms with Gasteiger partial charge in [0.1, 0.15) is 11.6 Å². The molecule has 6 heteroatoms. The Morgan fingerprint density at radius 1 is 1.43 bits per heavy atom. The molecule has 2 aromatic rings. The summed E-state index contributed by atoms with van der Waals surface area (Å²) < 4.78 is 7.06. The second-order valence-corrected chi connectivity index (χ2v) is 5.76. The Morgan fingerprint density at radius 3 is 2.86 bits per heavy atom. The monoisotopic (exact) mass is 288 g/mol. The predicted molar refractivity (Wildman–Crippen MR) is 77.1 cm³/mol. The number of hydrogen-bond donors (Lipinski definition) is 0. The first kappa shape index (κ1) is 13.9. The Hall–Kier alpha value is -2.11. The summed E-state index contributed by atoms with van der Waals surface area (Å²) in [5.41, 5.74) is 1.41. The summed E-state index contributed by atoms with van der Waals surface area (Å²) in [5, 5.41) is 3.82.